The van der Waals surface area contributed by atoms with Crippen molar-refractivity contribution in [2.45, 2.75) is 17.2 Å². The Hall–Kier alpha value is -1.07. The third-order valence-electron chi connectivity index (χ3n) is 2.84. The number of nitrogens with two attached hydrogens (primary N) is 1. The Labute approximate surface area is 128 Å². The molecule has 0 bridgehead atoms. The summed E-state index contributed by atoms with van der Waals surface area (Å²) < 4.78 is 24.7. The summed E-state index contributed by atoms with van der Waals surface area (Å²) in [4.78, 5) is 0.0505. The lowest BCUT2D eigenvalue weighted by molar-refractivity contribution is 0.595. The second-order valence-corrected chi connectivity index (χ2v) is 7.16. The molecule has 2 aromatic rings. The van der Waals surface area contributed by atoms with E-state index in [1.165, 1.54) is 12.1 Å². The minimum atomic E-state index is -3.53. The molecule has 0 amide bonds. The number of benzene rings is 2. The smallest absolute Gasteiger partial charge is 0.184 e. The summed E-state index contributed by atoms with van der Waals surface area (Å²) in [5.41, 5.74) is 7.13. The second-order valence-electron chi connectivity index (χ2n) is 4.35. The van der Waals surface area contributed by atoms with Gasteiger partial charge < -0.3 is 5.73 Å². The minimum Gasteiger partial charge on any atom is -0.326 e. The first-order valence-corrected chi connectivity index (χ1v) is 8.29. The predicted molar refractivity (Wildman–Crippen MR) is 81.7 cm³/mol. The molecule has 106 valence electrons. The highest BCUT2D eigenvalue weighted by molar-refractivity contribution is 7.90. The van der Waals surface area contributed by atoms with Crippen molar-refractivity contribution in [1.29, 1.82) is 0 Å². The van der Waals surface area contributed by atoms with E-state index in [1.807, 2.05) is 12.1 Å². The van der Waals surface area contributed by atoms with Crippen LogP contribution in [0.15, 0.2) is 47.4 Å². The summed E-state index contributed by atoms with van der Waals surface area (Å²) in [6, 6.07) is 11.5. The van der Waals surface area contributed by atoms with Gasteiger partial charge in [0.15, 0.2) is 9.84 Å². The highest BCUT2D eigenvalue weighted by Crippen LogP contribution is 2.27. The SMILES string of the molecule is NCc1ccc(CS(=O)(=O)c2cc(Cl)ccc2Cl)cc1. The average molecular weight is 330 g/mol. The van der Waals surface area contributed by atoms with Gasteiger partial charge in [-0.2, -0.15) is 0 Å². The van der Waals surface area contributed by atoms with E-state index in [0.29, 0.717) is 17.1 Å². The third-order valence-corrected chi connectivity index (χ3v) is 5.24. The van der Waals surface area contributed by atoms with E-state index in [0.717, 1.165) is 5.56 Å². The molecule has 0 saturated heterocycles. The number of sulfone groups is 1. The normalized spacial score (nSPS) is 11.6. The van der Waals surface area contributed by atoms with Gasteiger partial charge in [-0.15, -0.1) is 0 Å². The number of halogens is 2. The molecule has 2 aromatic carbocycles. The molecule has 0 saturated carbocycles. The summed E-state index contributed by atoms with van der Waals surface area (Å²) in [6.45, 7) is 0.424. The van der Waals surface area contributed by atoms with Gasteiger partial charge in [0.05, 0.1) is 15.7 Å². The number of hydrogen-bond donors (Lipinski definition) is 1. The first-order chi connectivity index (χ1) is 9.42. The second kappa shape index (κ2) is 6.14. The molecule has 2 rings (SSSR count). The molecule has 0 aliphatic carbocycles. The molecule has 0 unspecified atom stereocenters. The Morgan fingerprint density at radius 2 is 1.55 bits per heavy atom. The molecule has 20 heavy (non-hydrogen) atoms. The van der Waals surface area contributed by atoms with Crippen LogP contribution in [0.2, 0.25) is 10.0 Å². The van der Waals surface area contributed by atoms with Crippen LogP contribution >= 0.6 is 23.2 Å². The van der Waals surface area contributed by atoms with E-state index in [9.17, 15) is 8.42 Å². The van der Waals surface area contributed by atoms with Crippen LogP contribution in [0.4, 0.5) is 0 Å². The fourth-order valence-corrected chi connectivity index (χ4v) is 3.95. The topological polar surface area (TPSA) is 60.2 Å². The molecule has 0 aliphatic heterocycles. The van der Waals surface area contributed by atoms with Gasteiger partial charge in [0.2, 0.25) is 0 Å². The lowest BCUT2D eigenvalue weighted by Gasteiger charge is -2.08. The van der Waals surface area contributed by atoms with E-state index >= 15 is 0 Å². The maximum atomic E-state index is 12.4. The van der Waals surface area contributed by atoms with Crippen LogP contribution in [-0.2, 0) is 22.1 Å². The van der Waals surface area contributed by atoms with Crippen LogP contribution in [0, 0.1) is 0 Å². The molecule has 0 fully saturated rings. The highest BCUT2D eigenvalue weighted by Gasteiger charge is 2.19. The fourth-order valence-electron chi connectivity index (χ4n) is 1.78. The largest absolute Gasteiger partial charge is 0.326 e. The van der Waals surface area contributed by atoms with Crippen LogP contribution in [0.3, 0.4) is 0 Å². The summed E-state index contributed by atoms with van der Waals surface area (Å²) >= 11 is 11.8. The van der Waals surface area contributed by atoms with E-state index in [-0.39, 0.29) is 15.7 Å². The first-order valence-electron chi connectivity index (χ1n) is 5.88. The zero-order valence-electron chi connectivity index (χ0n) is 10.5. The van der Waals surface area contributed by atoms with Gasteiger partial charge in [-0.3, -0.25) is 0 Å². The van der Waals surface area contributed by atoms with E-state index in [2.05, 4.69) is 0 Å². The highest BCUT2D eigenvalue weighted by atomic mass is 35.5. The number of rotatable bonds is 4. The van der Waals surface area contributed by atoms with E-state index in [4.69, 9.17) is 28.9 Å². The summed E-state index contributed by atoms with van der Waals surface area (Å²) in [7, 11) is -3.53. The molecule has 2 N–H and O–H groups in total. The van der Waals surface area contributed by atoms with Crippen molar-refractivity contribution >= 4 is 33.0 Å². The molecule has 0 spiro atoms. The molecule has 6 heteroatoms. The van der Waals surface area contributed by atoms with Crippen molar-refractivity contribution in [2.24, 2.45) is 5.73 Å². The Bertz CT molecular complexity index is 712. The lowest BCUT2D eigenvalue weighted by Crippen LogP contribution is -2.06. The molecule has 0 atom stereocenters. The van der Waals surface area contributed by atoms with Crippen LogP contribution < -0.4 is 5.73 Å². The van der Waals surface area contributed by atoms with Gasteiger partial charge in [-0.1, -0.05) is 47.5 Å². The fraction of sp³-hybridized carbons (Fsp3) is 0.143. The van der Waals surface area contributed by atoms with Crippen LogP contribution in [0.1, 0.15) is 11.1 Å². The van der Waals surface area contributed by atoms with Crippen molar-refractivity contribution in [3.63, 3.8) is 0 Å². The lowest BCUT2D eigenvalue weighted by atomic mass is 10.1. The van der Waals surface area contributed by atoms with Crippen LogP contribution in [-0.4, -0.2) is 8.42 Å². The van der Waals surface area contributed by atoms with Crippen molar-refractivity contribution in [3.8, 4) is 0 Å². The molecule has 0 aliphatic rings. The molecule has 0 radical (unpaired) electrons. The first kappa shape index (κ1) is 15.3. The Morgan fingerprint density at radius 1 is 0.950 bits per heavy atom. The van der Waals surface area contributed by atoms with Crippen molar-refractivity contribution in [3.05, 3.63) is 63.6 Å². The third kappa shape index (κ3) is 3.52. The predicted octanol–water partition coefficient (Wildman–Crippen LogP) is 3.43. The Balaban J connectivity index is 2.32. The maximum absolute atomic E-state index is 12.4. The van der Waals surface area contributed by atoms with Gasteiger partial charge in [0.25, 0.3) is 0 Å². The zero-order chi connectivity index (χ0) is 14.8. The summed E-state index contributed by atoms with van der Waals surface area (Å²) in [5.74, 6) is -0.127. The summed E-state index contributed by atoms with van der Waals surface area (Å²) in [5, 5.41) is 0.513. The maximum Gasteiger partial charge on any atom is 0.184 e. The standard InChI is InChI=1S/C14H13Cl2NO2S/c15-12-5-6-13(16)14(7-12)20(18,19)9-11-3-1-10(8-17)2-4-11/h1-7H,8-9,17H2. The van der Waals surface area contributed by atoms with Gasteiger partial charge in [0, 0.05) is 11.6 Å². The van der Waals surface area contributed by atoms with E-state index in [1.54, 1.807) is 18.2 Å². The summed E-state index contributed by atoms with van der Waals surface area (Å²) in [6.07, 6.45) is 0. The van der Waals surface area contributed by atoms with Gasteiger partial charge in [-0.25, -0.2) is 8.42 Å². The number of hydrogen-bond acceptors (Lipinski definition) is 3. The Morgan fingerprint density at radius 3 is 2.15 bits per heavy atom. The monoisotopic (exact) mass is 329 g/mol. The van der Waals surface area contributed by atoms with Crippen molar-refractivity contribution < 1.29 is 8.42 Å². The quantitative estimate of drug-likeness (QED) is 0.934. The molecular weight excluding hydrogens is 317 g/mol. The van der Waals surface area contributed by atoms with Crippen LogP contribution in [0.5, 0.6) is 0 Å². The average Bonchev–Trinajstić information content (AvgIpc) is 2.42. The van der Waals surface area contributed by atoms with Crippen LogP contribution in [0.25, 0.3) is 0 Å². The molecule has 0 heterocycles. The minimum absolute atomic E-state index is 0.0505. The van der Waals surface area contributed by atoms with Crippen molar-refractivity contribution in [2.75, 3.05) is 0 Å². The molecule has 0 aromatic heterocycles. The molecular formula is C14H13Cl2NO2S. The molecule has 3 nitrogen and oxygen atoms in total. The van der Waals surface area contributed by atoms with Gasteiger partial charge >= 0.3 is 0 Å². The zero-order valence-corrected chi connectivity index (χ0v) is 12.8. The Kier molecular flexibility index (Phi) is 4.70. The van der Waals surface area contributed by atoms with Gasteiger partial charge in [0.1, 0.15) is 0 Å². The van der Waals surface area contributed by atoms with E-state index < -0.39 is 9.84 Å². The van der Waals surface area contributed by atoms with Gasteiger partial charge in [-0.05, 0) is 29.3 Å². The van der Waals surface area contributed by atoms with Crippen molar-refractivity contribution in [1.82, 2.24) is 0 Å².